The Morgan fingerprint density at radius 3 is 2.38 bits per heavy atom. The molecule has 1 fully saturated rings. The molecule has 0 aromatic heterocycles. The first-order valence-electron chi connectivity index (χ1n) is 4.14. The van der Waals surface area contributed by atoms with Crippen LogP contribution in [-0.4, -0.2) is 23.1 Å². The van der Waals surface area contributed by atoms with Crippen LogP contribution in [0.3, 0.4) is 0 Å². The van der Waals surface area contributed by atoms with Crippen molar-refractivity contribution in [2.75, 3.05) is 0 Å². The second-order valence-corrected chi connectivity index (χ2v) is 4.01. The first-order chi connectivity index (χ1) is 5.85. The molecule has 0 heterocycles. The highest BCUT2D eigenvalue weighted by molar-refractivity contribution is 5.79. The highest BCUT2D eigenvalue weighted by Gasteiger charge is 2.51. The molecule has 1 saturated carbocycles. The molecule has 0 spiro atoms. The van der Waals surface area contributed by atoms with E-state index in [0.717, 1.165) is 0 Å². The molecule has 2 amide bonds. The summed E-state index contributed by atoms with van der Waals surface area (Å²) in [5.74, 6) is -0.571. The smallest absolute Gasteiger partial charge is 0.404 e. The molecule has 13 heavy (non-hydrogen) atoms. The number of primary amides is 1. The summed E-state index contributed by atoms with van der Waals surface area (Å²) >= 11 is 0. The number of nitrogens with one attached hydrogen (secondary N) is 1. The summed E-state index contributed by atoms with van der Waals surface area (Å²) in [5, 5.41) is 10.8. The first-order valence-corrected chi connectivity index (χ1v) is 4.14. The summed E-state index contributed by atoms with van der Waals surface area (Å²) in [4.78, 5) is 21.2. The monoisotopic (exact) mass is 186 g/mol. The molecule has 4 N–H and O–H groups in total. The molecule has 0 radical (unpaired) electrons. The van der Waals surface area contributed by atoms with Crippen molar-refractivity contribution in [2.45, 2.75) is 26.3 Å². The van der Waals surface area contributed by atoms with Gasteiger partial charge >= 0.3 is 6.09 Å². The lowest BCUT2D eigenvalue weighted by atomic mass is 9.58. The Kier molecular flexibility index (Phi) is 2.19. The van der Waals surface area contributed by atoms with Gasteiger partial charge in [0.2, 0.25) is 5.91 Å². The summed E-state index contributed by atoms with van der Waals surface area (Å²) in [5.41, 5.74) is 4.80. The van der Waals surface area contributed by atoms with E-state index in [2.05, 4.69) is 5.32 Å². The Morgan fingerprint density at radius 1 is 1.54 bits per heavy atom. The Morgan fingerprint density at radius 2 is 2.08 bits per heavy atom. The number of hydrogen-bond acceptors (Lipinski definition) is 2. The zero-order valence-electron chi connectivity index (χ0n) is 7.70. The molecule has 0 saturated heterocycles. The van der Waals surface area contributed by atoms with Gasteiger partial charge in [0.15, 0.2) is 0 Å². The van der Waals surface area contributed by atoms with Gasteiger partial charge < -0.3 is 16.2 Å². The van der Waals surface area contributed by atoms with E-state index >= 15 is 0 Å². The minimum Gasteiger partial charge on any atom is -0.465 e. The molecular formula is C8H14N2O3. The maximum Gasteiger partial charge on any atom is 0.404 e. The van der Waals surface area contributed by atoms with Gasteiger partial charge in [-0.3, -0.25) is 4.79 Å². The molecule has 1 rings (SSSR count). The van der Waals surface area contributed by atoms with Crippen LogP contribution < -0.4 is 11.1 Å². The van der Waals surface area contributed by atoms with E-state index in [1.54, 1.807) is 0 Å². The molecule has 2 atom stereocenters. The van der Waals surface area contributed by atoms with Crippen LogP contribution in [0.25, 0.3) is 0 Å². The quantitative estimate of drug-likeness (QED) is 0.573. The molecule has 0 aliphatic heterocycles. The van der Waals surface area contributed by atoms with Crippen LogP contribution >= 0.6 is 0 Å². The Labute approximate surface area is 76.3 Å². The lowest BCUT2D eigenvalue weighted by Crippen LogP contribution is -2.61. The van der Waals surface area contributed by atoms with Gasteiger partial charge in [-0.15, -0.1) is 0 Å². The van der Waals surface area contributed by atoms with Crippen molar-refractivity contribution in [1.29, 1.82) is 0 Å². The maximum absolute atomic E-state index is 10.9. The summed E-state index contributed by atoms with van der Waals surface area (Å²) < 4.78 is 0. The van der Waals surface area contributed by atoms with E-state index in [1.165, 1.54) is 0 Å². The lowest BCUT2D eigenvalue weighted by molar-refractivity contribution is -0.133. The SMILES string of the molecule is CC1(C)[C@@H](C(N)=O)C[C@H]1NC(=O)O. The van der Waals surface area contributed by atoms with E-state index in [0.29, 0.717) is 6.42 Å². The minimum absolute atomic E-state index is 0.164. The van der Waals surface area contributed by atoms with Crippen molar-refractivity contribution in [2.24, 2.45) is 17.1 Å². The third-order valence-corrected chi connectivity index (χ3v) is 2.91. The fourth-order valence-electron chi connectivity index (χ4n) is 1.80. The minimum atomic E-state index is -1.05. The zero-order chi connectivity index (χ0) is 10.2. The molecule has 1 aliphatic rings. The van der Waals surface area contributed by atoms with Crippen molar-refractivity contribution in [3.8, 4) is 0 Å². The van der Waals surface area contributed by atoms with Crippen molar-refractivity contribution in [1.82, 2.24) is 5.32 Å². The van der Waals surface area contributed by atoms with Crippen molar-refractivity contribution in [3.63, 3.8) is 0 Å². The number of carbonyl (C=O) groups excluding carboxylic acids is 1. The molecule has 0 aromatic carbocycles. The highest BCUT2D eigenvalue weighted by Crippen LogP contribution is 2.45. The number of nitrogens with two attached hydrogens (primary N) is 1. The van der Waals surface area contributed by atoms with E-state index in [9.17, 15) is 9.59 Å². The summed E-state index contributed by atoms with van der Waals surface area (Å²) in [6, 6.07) is -0.164. The second-order valence-electron chi connectivity index (χ2n) is 4.01. The number of rotatable bonds is 2. The van der Waals surface area contributed by atoms with Gasteiger partial charge in [-0.25, -0.2) is 4.79 Å². The van der Waals surface area contributed by atoms with Gasteiger partial charge in [0.25, 0.3) is 0 Å². The van der Waals surface area contributed by atoms with Crippen LogP contribution in [0.2, 0.25) is 0 Å². The second kappa shape index (κ2) is 2.90. The van der Waals surface area contributed by atoms with Crippen molar-refractivity contribution >= 4 is 12.0 Å². The maximum atomic E-state index is 10.9. The van der Waals surface area contributed by atoms with Gasteiger partial charge in [0.05, 0.1) is 0 Å². The fraction of sp³-hybridized carbons (Fsp3) is 0.750. The van der Waals surface area contributed by atoms with Gasteiger partial charge in [0.1, 0.15) is 0 Å². The van der Waals surface area contributed by atoms with Crippen molar-refractivity contribution < 1.29 is 14.7 Å². The lowest BCUT2D eigenvalue weighted by Gasteiger charge is -2.50. The van der Waals surface area contributed by atoms with Gasteiger partial charge in [-0.2, -0.15) is 0 Å². The molecule has 74 valence electrons. The number of amides is 2. The Bertz CT molecular complexity index is 250. The van der Waals surface area contributed by atoms with E-state index in [-0.39, 0.29) is 23.3 Å². The topological polar surface area (TPSA) is 92.4 Å². The molecule has 0 aromatic rings. The Balaban J connectivity index is 2.59. The third-order valence-electron chi connectivity index (χ3n) is 2.91. The largest absolute Gasteiger partial charge is 0.465 e. The molecule has 5 heteroatoms. The summed E-state index contributed by atoms with van der Waals surface area (Å²) in [6.45, 7) is 3.68. The molecule has 5 nitrogen and oxygen atoms in total. The molecular weight excluding hydrogens is 172 g/mol. The number of carbonyl (C=O) groups is 2. The van der Waals surface area contributed by atoms with E-state index in [1.807, 2.05) is 13.8 Å². The number of carboxylic acid groups (broad SMARTS) is 1. The zero-order valence-corrected chi connectivity index (χ0v) is 7.70. The highest BCUT2D eigenvalue weighted by atomic mass is 16.4. The predicted octanol–water partition coefficient (Wildman–Crippen LogP) is 0.154. The van der Waals surface area contributed by atoms with Crippen LogP contribution in [0.4, 0.5) is 4.79 Å². The number of hydrogen-bond donors (Lipinski definition) is 3. The standard InChI is InChI=1S/C8H14N2O3/c1-8(2)4(6(9)11)3-5(8)10-7(12)13/h4-5,10H,3H2,1-2H3,(H2,9,11)(H,12,13)/t4-,5-/m1/s1. The van der Waals surface area contributed by atoms with Crippen LogP contribution in [0.1, 0.15) is 20.3 Å². The average Bonchev–Trinajstić information content (AvgIpc) is 1.96. The van der Waals surface area contributed by atoms with Crippen LogP contribution in [0.5, 0.6) is 0 Å². The van der Waals surface area contributed by atoms with Crippen LogP contribution in [0.15, 0.2) is 0 Å². The van der Waals surface area contributed by atoms with Crippen LogP contribution in [0, 0.1) is 11.3 Å². The van der Waals surface area contributed by atoms with E-state index in [4.69, 9.17) is 10.8 Å². The van der Waals surface area contributed by atoms with E-state index < -0.39 is 6.09 Å². The summed E-state index contributed by atoms with van der Waals surface area (Å²) in [6.07, 6.45) is -0.546. The van der Waals surface area contributed by atoms with Crippen LogP contribution in [-0.2, 0) is 4.79 Å². The van der Waals surface area contributed by atoms with Crippen molar-refractivity contribution in [3.05, 3.63) is 0 Å². The van der Waals surface area contributed by atoms with Gasteiger partial charge in [0, 0.05) is 12.0 Å². The van der Waals surface area contributed by atoms with Gasteiger partial charge in [-0.1, -0.05) is 13.8 Å². The predicted molar refractivity (Wildman–Crippen MR) is 46.0 cm³/mol. The molecule has 0 bridgehead atoms. The molecule has 0 unspecified atom stereocenters. The first kappa shape index (κ1) is 9.83. The average molecular weight is 186 g/mol. The Hall–Kier alpha value is -1.26. The fourth-order valence-corrected chi connectivity index (χ4v) is 1.80. The normalized spacial score (nSPS) is 30.3. The molecule has 1 aliphatic carbocycles. The van der Waals surface area contributed by atoms with Gasteiger partial charge in [-0.05, 0) is 11.8 Å². The summed E-state index contributed by atoms with van der Waals surface area (Å²) in [7, 11) is 0. The third kappa shape index (κ3) is 1.59.